The molecule has 3 amide bonds. The summed E-state index contributed by atoms with van der Waals surface area (Å²) in [5.74, 6) is -4.95. The first-order valence-electron chi connectivity index (χ1n) is 11.2. The van der Waals surface area contributed by atoms with E-state index < -0.39 is 41.6 Å². The van der Waals surface area contributed by atoms with E-state index in [9.17, 15) is 29.1 Å². The van der Waals surface area contributed by atoms with Crippen LogP contribution >= 0.6 is 0 Å². The lowest BCUT2D eigenvalue weighted by Gasteiger charge is -2.42. The highest BCUT2D eigenvalue weighted by Gasteiger charge is 2.58. The number of phenols is 1. The topological polar surface area (TPSA) is 127 Å². The van der Waals surface area contributed by atoms with Crippen molar-refractivity contribution in [3.63, 3.8) is 0 Å². The molecule has 9 nitrogen and oxygen atoms in total. The molecule has 1 saturated heterocycles. The maximum absolute atomic E-state index is 13.4. The minimum atomic E-state index is -1.05. The van der Waals surface area contributed by atoms with Gasteiger partial charge >= 0.3 is 6.09 Å². The van der Waals surface area contributed by atoms with Gasteiger partial charge in [-0.2, -0.15) is 4.90 Å². The van der Waals surface area contributed by atoms with Gasteiger partial charge in [-0.25, -0.2) is 4.79 Å². The number of phenolic OH excluding ortho intramolecular Hbond substituents is 1. The summed E-state index contributed by atoms with van der Waals surface area (Å²) in [4.78, 5) is 65.5. The molecule has 0 unspecified atom stereocenters. The molecule has 1 aromatic rings. The van der Waals surface area contributed by atoms with E-state index in [0.717, 1.165) is 7.11 Å². The van der Waals surface area contributed by atoms with Gasteiger partial charge in [-0.3, -0.25) is 19.2 Å². The molecule has 0 bridgehead atoms. The number of hydrogen-bond donors (Lipinski definition) is 1. The van der Waals surface area contributed by atoms with E-state index in [2.05, 4.69) is 4.74 Å². The van der Waals surface area contributed by atoms with Gasteiger partial charge in [0.2, 0.25) is 11.8 Å². The monoisotopic (exact) mass is 477 g/mol. The van der Waals surface area contributed by atoms with Gasteiger partial charge in [0.25, 0.3) is 0 Å². The summed E-state index contributed by atoms with van der Waals surface area (Å²) in [5.41, 5.74) is 1.74. The Kier molecular flexibility index (Phi) is 5.23. The third kappa shape index (κ3) is 3.10. The van der Waals surface area contributed by atoms with Crippen molar-refractivity contribution in [3.05, 3.63) is 58.2 Å². The molecule has 3 aliphatic carbocycles. The number of ketones is 2. The van der Waals surface area contributed by atoms with Gasteiger partial charge in [-0.15, -0.1) is 0 Å². The predicted molar refractivity (Wildman–Crippen MR) is 120 cm³/mol. The summed E-state index contributed by atoms with van der Waals surface area (Å²) < 4.78 is 10.1. The molecule has 1 aliphatic heterocycles. The number of allylic oxidation sites excluding steroid dienone is 6. The van der Waals surface area contributed by atoms with E-state index in [1.54, 1.807) is 25.1 Å². The molecule has 0 radical (unpaired) electrons. The third-order valence-electron chi connectivity index (χ3n) is 7.47. The van der Waals surface area contributed by atoms with Gasteiger partial charge in [0.1, 0.15) is 11.5 Å². The van der Waals surface area contributed by atoms with Gasteiger partial charge in [0, 0.05) is 28.2 Å². The van der Waals surface area contributed by atoms with Crippen LogP contribution in [0.15, 0.2) is 52.6 Å². The fraction of sp³-hybridized carbons (Fsp3) is 0.346. The highest BCUT2D eigenvalue weighted by molar-refractivity contribution is 6.24. The summed E-state index contributed by atoms with van der Waals surface area (Å²) in [6, 6.07) is 4.71. The zero-order valence-corrected chi connectivity index (χ0v) is 19.4. The van der Waals surface area contributed by atoms with E-state index in [0.29, 0.717) is 21.8 Å². The number of Topliss-reactive ketones (excluding diaryl/α,β-unsaturated/α-hetero) is 1. The van der Waals surface area contributed by atoms with Crippen molar-refractivity contribution in [2.75, 3.05) is 14.2 Å². The Morgan fingerprint density at radius 1 is 1.09 bits per heavy atom. The standard InChI is InChI=1S/C26H23NO8/c1-11-9-17(29)15-10-14-12(7-8-13-19(14)25(32)27(24(13)31)26(33)35-3)20(21(15)23(11)30)22-16(28)5-4-6-18(22)34-2/h4-7,9,13-14,19-20,28H,8,10H2,1-3H3/t13-,14+,19-,20-/m0/s1. The Balaban J connectivity index is 1.73. The summed E-state index contributed by atoms with van der Waals surface area (Å²) in [7, 11) is 2.53. The minimum Gasteiger partial charge on any atom is -0.507 e. The second kappa shape index (κ2) is 8.04. The lowest BCUT2D eigenvalue weighted by molar-refractivity contribution is -0.137. The van der Waals surface area contributed by atoms with E-state index in [4.69, 9.17) is 4.74 Å². The van der Waals surface area contributed by atoms with Crippen LogP contribution in [0.1, 0.15) is 31.2 Å². The van der Waals surface area contributed by atoms with Crippen molar-refractivity contribution >= 4 is 29.5 Å². The molecule has 35 heavy (non-hydrogen) atoms. The number of ether oxygens (including phenoxy) is 2. The lowest BCUT2D eigenvalue weighted by atomic mass is 9.59. The fourth-order valence-corrected chi connectivity index (χ4v) is 5.96. The number of hydrogen-bond acceptors (Lipinski definition) is 8. The SMILES string of the molecule is COC(=O)N1C(=O)[C@H]2[C@H](CC=C3[C@H](c4c(O)cccc4OC)C4=C(C[C@H]32)C(=O)C=C(C)C4=O)C1=O. The van der Waals surface area contributed by atoms with E-state index in [1.807, 2.05) is 0 Å². The number of likely N-dealkylation sites (tertiary alicyclic amines) is 1. The highest BCUT2D eigenvalue weighted by atomic mass is 16.5. The molecule has 1 heterocycles. The number of rotatable bonds is 2. The summed E-state index contributed by atoms with van der Waals surface area (Å²) in [5, 5.41) is 10.9. The number of amides is 3. The largest absolute Gasteiger partial charge is 0.507 e. The van der Waals surface area contributed by atoms with Crippen LogP contribution in [0.25, 0.3) is 0 Å². The molecular formula is C26H23NO8. The van der Waals surface area contributed by atoms with Gasteiger partial charge in [0.15, 0.2) is 11.6 Å². The minimum absolute atomic E-state index is 0.0666. The van der Waals surface area contributed by atoms with E-state index in [-0.39, 0.29) is 46.9 Å². The quantitative estimate of drug-likeness (QED) is 0.391. The maximum Gasteiger partial charge on any atom is 0.423 e. The van der Waals surface area contributed by atoms with Gasteiger partial charge < -0.3 is 14.6 Å². The van der Waals surface area contributed by atoms with Crippen LogP contribution in [0.5, 0.6) is 11.5 Å². The Hall–Kier alpha value is -4.01. The smallest absolute Gasteiger partial charge is 0.423 e. The lowest BCUT2D eigenvalue weighted by Crippen LogP contribution is -2.40. The fourth-order valence-electron chi connectivity index (χ4n) is 5.96. The maximum atomic E-state index is 13.4. The molecule has 0 spiro atoms. The number of imide groups is 3. The first-order valence-corrected chi connectivity index (χ1v) is 11.2. The van der Waals surface area contributed by atoms with Crippen molar-refractivity contribution in [2.45, 2.75) is 25.7 Å². The van der Waals surface area contributed by atoms with Crippen molar-refractivity contribution in [3.8, 4) is 11.5 Å². The number of fused-ring (bicyclic) bond motifs is 3. The number of nitrogens with zero attached hydrogens (tertiary/aromatic N) is 1. The molecule has 1 N–H and O–H groups in total. The van der Waals surface area contributed by atoms with Crippen molar-refractivity contribution in [1.29, 1.82) is 0 Å². The molecule has 4 aliphatic rings. The average Bonchev–Trinajstić information content (AvgIpc) is 3.10. The Morgan fingerprint density at radius 2 is 1.83 bits per heavy atom. The van der Waals surface area contributed by atoms with Gasteiger partial charge in [-0.05, 0) is 43.9 Å². The highest BCUT2D eigenvalue weighted by Crippen LogP contribution is 2.57. The molecule has 4 atom stereocenters. The number of aromatic hydroxyl groups is 1. The Labute approximate surface area is 200 Å². The first-order chi connectivity index (χ1) is 16.7. The molecule has 1 fully saturated rings. The second-order valence-electron chi connectivity index (χ2n) is 9.10. The summed E-state index contributed by atoms with van der Waals surface area (Å²) in [6.07, 6.45) is 2.26. The zero-order chi connectivity index (χ0) is 25.2. The molecule has 0 saturated carbocycles. The van der Waals surface area contributed by atoms with Crippen molar-refractivity contribution in [2.24, 2.45) is 17.8 Å². The van der Waals surface area contributed by atoms with Gasteiger partial charge in [0.05, 0.1) is 26.1 Å². The number of benzene rings is 1. The van der Waals surface area contributed by atoms with E-state index in [1.165, 1.54) is 19.3 Å². The molecule has 180 valence electrons. The van der Waals surface area contributed by atoms with Crippen molar-refractivity contribution < 1.29 is 38.6 Å². The van der Waals surface area contributed by atoms with Crippen LogP contribution in [0.2, 0.25) is 0 Å². The second-order valence-corrected chi connectivity index (χ2v) is 9.10. The summed E-state index contributed by atoms with van der Waals surface area (Å²) >= 11 is 0. The number of carbonyl (C=O) groups excluding carboxylic acids is 5. The van der Waals surface area contributed by atoms with Crippen molar-refractivity contribution in [1.82, 2.24) is 4.90 Å². The molecular weight excluding hydrogens is 454 g/mol. The van der Waals surface area contributed by atoms with Crippen LogP contribution in [-0.2, 0) is 23.9 Å². The Morgan fingerprint density at radius 3 is 2.51 bits per heavy atom. The molecule has 0 aromatic heterocycles. The van der Waals surface area contributed by atoms with Crippen LogP contribution in [0.3, 0.4) is 0 Å². The normalized spacial score (nSPS) is 27.7. The van der Waals surface area contributed by atoms with E-state index >= 15 is 0 Å². The van der Waals surface area contributed by atoms with Crippen LogP contribution in [0, 0.1) is 17.8 Å². The molecule has 9 heteroatoms. The van der Waals surface area contributed by atoms with Gasteiger partial charge in [-0.1, -0.05) is 17.7 Å². The number of methoxy groups -OCH3 is 2. The zero-order valence-electron chi connectivity index (χ0n) is 19.4. The number of carbonyl (C=O) groups is 5. The van der Waals surface area contributed by atoms with Crippen LogP contribution in [-0.4, -0.2) is 53.7 Å². The Bertz CT molecular complexity index is 1320. The van der Waals surface area contributed by atoms with Crippen LogP contribution < -0.4 is 4.74 Å². The van der Waals surface area contributed by atoms with Crippen LogP contribution in [0.4, 0.5) is 4.79 Å². The predicted octanol–water partition coefficient (Wildman–Crippen LogP) is 2.60. The summed E-state index contributed by atoms with van der Waals surface area (Å²) in [6.45, 7) is 1.56. The average molecular weight is 477 g/mol. The molecule has 5 rings (SSSR count). The molecule has 1 aromatic carbocycles. The first kappa shape index (κ1) is 22.8. The third-order valence-corrected chi connectivity index (χ3v) is 7.47.